The van der Waals surface area contributed by atoms with Gasteiger partial charge in [-0.15, -0.1) is 0 Å². The smallest absolute Gasteiger partial charge is 0.254 e. The van der Waals surface area contributed by atoms with E-state index in [0.717, 1.165) is 58.4 Å². The molecule has 162 valence electrons. The van der Waals surface area contributed by atoms with Gasteiger partial charge < -0.3 is 9.88 Å². The summed E-state index contributed by atoms with van der Waals surface area (Å²) < 4.78 is 0. The fourth-order valence-electron chi connectivity index (χ4n) is 4.74. The quantitative estimate of drug-likeness (QED) is 0.425. The third-order valence-corrected chi connectivity index (χ3v) is 6.43. The number of rotatable bonds is 3. The monoisotopic (exact) mass is 433 g/mol. The molecule has 1 saturated heterocycles. The van der Waals surface area contributed by atoms with E-state index in [4.69, 9.17) is 9.97 Å². The molecule has 0 bridgehead atoms. The average molecular weight is 434 g/mol. The molecule has 6 rings (SSSR count). The summed E-state index contributed by atoms with van der Waals surface area (Å²) in [5, 5.41) is 0.881. The predicted molar refractivity (Wildman–Crippen MR) is 129 cm³/mol. The minimum absolute atomic E-state index is 0.0460. The molecule has 1 amide bonds. The summed E-state index contributed by atoms with van der Waals surface area (Å²) >= 11 is 0. The number of hydrogen-bond donors (Lipinski definition) is 1. The van der Waals surface area contributed by atoms with Crippen molar-refractivity contribution >= 4 is 27.8 Å². The van der Waals surface area contributed by atoms with Gasteiger partial charge in [-0.1, -0.05) is 30.3 Å². The summed E-state index contributed by atoms with van der Waals surface area (Å²) in [6, 6.07) is 21.7. The van der Waals surface area contributed by atoms with Gasteiger partial charge in [0.05, 0.1) is 27.8 Å². The Bertz CT molecular complexity index is 1430. The zero-order valence-electron chi connectivity index (χ0n) is 18.1. The maximum Gasteiger partial charge on any atom is 0.254 e. The number of aromatic amines is 1. The normalized spacial score (nSPS) is 16.4. The van der Waals surface area contributed by atoms with E-state index in [-0.39, 0.29) is 11.8 Å². The molecule has 1 unspecified atom stereocenters. The van der Waals surface area contributed by atoms with Crippen molar-refractivity contribution < 1.29 is 4.79 Å². The lowest BCUT2D eigenvalue weighted by atomic mass is 9.96. The molecule has 1 N–H and O–H groups in total. The molecule has 4 heterocycles. The largest absolute Gasteiger partial charge is 0.342 e. The third kappa shape index (κ3) is 3.63. The average Bonchev–Trinajstić information content (AvgIpc) is 3.33. The van der Waals surface area contributed by atoms with Crippen LogP contribution < -0.4 is 0 Å². The Balaban J connectivity index is 1.36. The van der Waals surface area contributed by atoms with Gasteiger partial charge in [0, 0.05) is 42.4 Å². The Kier molecular flexibility index (Phi) is 4.83. The number of piperidine rings is 1. The Morgan fingerprint density at radius 3 is 2.58 bits per heavy atom. The number of amides is 1. The number of nitrogens with one attached hydrogen (secondary N) is 1. The summed E-state index contributed by atoms with van der Waals surface area (Å²) in [5.74, 6) is 1.21. The molecule has 2 aromatic carbocycles. The first-order valence-corrected chi connectivity index (χ1v) is 11.3. The second-order valence-electron chi connectivity index (χ2n) is 8.54. The summed E-state index contributed by atoms with van der Waals surface area (Å²) in [6.45, 7) is 1.40. The summed E-state index contributed by atoms with van der Waals surface area (Å²) in [4.78, 5) is 32.9. The molecule has 1 aliphatic rings. The lowest BCUT2D eigenvalue weighted by molar-refractivity contribution is 0.0707. The topological polar surface area (TPSA) is 74.8 Å². The highest BCUT2D eigenvalue weighted by Gasteiger charge is 2.28. The number of hydrogen-bond acceptors (Lipinski definition) is 4. The maximum atomic E-state index is 13.8. The zero-order valence-corrected chi connectivity index (χ0v) is 18.1. The number of likely N-dealkylation sites (tertiary alicyclic amines) is 1. The van der Waals surface area contributed by atoms with Crippen molar-refractivity contribution in [2.45, 2.75) is 18.8 Å². The zero-order chi connectivity index (χ0) is 22.2. The van der Waals surface area contributed by atoms with Gasteiger partial charge in [-0.3, -0.25) is 9.78 Å². The summed E-state index contributed by atoms with van der Waals surface area (Å²) in [6.07, 6.45) is 5.46. The first-order chi connectivity index (χ1) is 16.3. The van der Waals surface area contributed by atoms with Crippen LogP contribution in [0.1, 0.15) is 34.9 Å². The molecule has 1 aliphatic heterocycles. The molecule has 5 aromatic rings. The number of carbonyl (C=O) groups is 1. The van der Waals surface area contributed by atoms with Crippen molar-refractivity contribution in [2.24, 2.45) is 0 Å². The van der Waals surface area contributed by atoms with Crippen LogP contribution in [-0.2, 0) is 0 Å². The van der Waals surface area contributed by atoms with Gasteiger partial charge in [-0.2, -0.15) is 0 Å². The number of carbonyl (C=O) groups excluding carboxylic acids is 1. The van der Waals surface area contributed by atoms with Crippen LogP contribution in [0.2, 0.25) is 0 Å². The highest BCUT2D eigenvalue weighted by atomic mass is 16.2. The second-order valence-corrected chi connectivity index (χ2v) is 8.54. The first-order valence-electron chi connectivity index (χ1n) is 11.3. The molecule has 0 saturated carbocycles. The number of nitrogens with zero attached hydrogens (tertiary/aromatic N) is 4. The highest BCUT2D eigenvalue weighted by molar-refractivity contribution is 6.07. The fourth-order valence-corrected chi connectivity index (χ4v) is 4.74. The summed E-state index contributed by atoms with van der Waals surface area (Å²) in [7, 11) is 0. The van der Waals surface area contributed by atoms with Crippen LogP contribution in [0.5, 0.6) is 0 Å². The predicted octanol–water partition coefficient (Wildman–Crippen LogP) is 5.19. The van der Waals surface area contributed by atoms with E-state index in [1.165, 1.54) is 0 Å². The number of para-hydroxylation sites is 3. The Morgan fingerprint density at radius 1 is 0.939 bits per heavy atom. The molecule has 0 spiro atoms. The molecule has 0 radical (unpaired) electrons. The van der Waals surface area contributed by atoms with Crippen molar-refractivity contribution in [3.8, 4) is 11.3 Å². The number of fused-ring (bicyclic) bond motifs is 2. The Labute approximate surface area is 191 Å². The Hall–Kier alpha value is -4.06. The van der Waals surface area contributed by atoms with Gasteiger partial charge in [-0.25, -0.2) is 9.97 Å². The van der Waals surface area contributed by atoms with E-state index < -0.39 is 0 Å². The maximum absolute atomic E-state index is 13.8. The van der Waals surface area contributed by atoms with Crippen LogP contribution in [0, 0.1) is 0 Å². The number of pyridine rings is 2. The fraction of sp³-hybridized carbons (Fsp3) is 0.185. The first kappa shape index (κ1) is 19.6. The second kappa shape index (κ2) is 8.13. The lowest BCUT2D eigenvalue weighted by Gasteiger charge is -2.32. The van der Waals surface area contributed by atoms with Gasteiger partial charge >= 0.3 is 0 Å². The molecule has 0 aliphatic carbocycles. The van der Waals surface area contributed by atoms with Crippen molar-refractivity contribution in [3.05, 3.63) is 90.5 Å². The molecule has 6 heteroatoms. The van der Waals surface area contributed by atoms with Crippen LogP contribution >= 0.6 is 0 Å². The minimum Gasteiger partial charge on any atom is -0.342 e. The molecule has 33 heavy (non-hydrogen) atoms. The van der Waals surface area contributed by atoms with Gasteiger partial charge in [-0.05, 0) is 49.2 Å². The van der Waals surface area contributed by atoms with Crippen LogP contribution in [0.25, 0.3) is 33.2 Å². The van der Waals surface area contributed by atoms with E-state index in [9.17, 15) is 4.79 Å². The number of imidazole rings is 1. The van der Waals surface area contributed by atoms with E-state index in [0.29, 0.717) is 12.1 Å². The molecule has 3 aromatic heterocycles. The van der Waals surface area contributed by atoms with Crippen LogP contribution in [0.4, 0.5) is 0 Å². The van der Waals surface area contributed by atoms with Crippen molar-refractivity contribution in [1.29, 1.82) is 0 Å². The van der Waals surface area contributed by atoms with Gasteiger partial charge in [0.2, 0.25) is 0 Å². The van der Waals surface area contributed by atoms with E-state index in [2.05, 4.69) is 9.97 Å². The minimum atomic E-state index is 0.0460. The Morgan fingerprint density at radius 2 is 1.73 bits per heavy atom. The lowest BCUT2D eigenvalue weighted by Crippen LogP contribution is -2.39. The van der Waals surface area contributed by atoms with Crippen LogP contribution in [-0.4, -0.2) is 43.8 Å². The molecular weight excluding hydrogens is 410 g/mol. The number of benzene rings is 2. The van der Waals surface area contributed by atoms with Crippen LogP contribution in [0.3, 0.4) is 0 Å². The van der Waals surface area contributed by atoms with Crippen LogP contribution in [0.15, 0.2) is 79.1 Å². The highest BCUT2D eigenvalue weighted by Crippen LogP contribution is 2.30. The van der Waals surface area contributed by atoms with Gasteiger partial charge in [0.15, 0.2) is 0 Å². The van der Waals surface area contributed by atoms with E-state index >= 15 is 0 Å². The van der Waals surface area contributed by atoms with Crippen molar-refractivity contribution in [2.75, 3.05) is 13.1 Å². The standard InChI is InChI=1S/C27H23N5O/c33-27(32-15-5-6-19(17-32)26-30-23-9-3-4-10-24(23)31-26)21-16-25(18-11-13-28-14-12-18)29-22-8-2-1-7-20(21)22/h1-4,7-14,16,19H,5-6,15,17H2,(H,30,31). The SMILES string of the molecule is O=C(c1cc(-c2ccncc2)nc2ccccc12)N1CCCC(c2nc3ccccc3[nH]2)C1. The number of H-pyrrole nitrogens is 1. The van der Waals surface area contributed by atoms with Gasteiger partial charge in [0.1, 0.15) is 5.82 Å². The molecular formula is C27H23N5O. The van der Waals surface area contributed by atoms with Gasteiger partial charge in [0.25, 0.3) is 5.91 Å². The van der Waals surface area contributed by atoms with Crippen molar-refractivity contribution in [1.82, 2.24) is 24.8 Å². The van der Waals surface area contributed by atoms with E-state index in [1.807, 2.05) is 71.6 Å². The summed E-state index contributed by atoms with van der Waals surface area (Å²) in [5.41, 5.74) is 5.25. The molecule has 6 nitrogen and oxygen atoms in total. The molecule has 1 atom stereocenters. The third-order valence-electron chi connectivity index (χ3n) is 6.43. The molecule has 1 fully saturated rings. The number of aromatic nitrogens is 4. The van der Waals surface area contributed by atoms with E-state index in [1.54, 1.807) is 12.4 Å². The van der Waals surface area contributed by atoms with Crippen molar-refractivity contribution in [3.63, 3.8) is 0 Å².